The van der Waals surface area contributed by atoms with Crippen molar-refractivity contribution >= 4 is 82.8 Å². The van der Waals surface area contributed by atoms with Crippen molar-refractivity contribution in [3.05, 3.63) is 133 Å². The van der Waals surface area contributed by atoms with Crippen LogP contribution in [-0.2, 0) is 0 Å². The Morgan fingerprint density at radius 3 is 0.900 bits per heavy atom. The van der Waals surface area contributed by atoms with Gasteiger partial charge in [-0.2, -0.15) is 0 Å². The van der Waals surface area contributed by atoms with Crippen LogP contribution in [0.15, 0.2) is 133 Å². The fourth-order valence-corrected chi connectivity index (χ4v) is 16.7. The second-order valence-corrected chi connectivity index (χ2v) is 18.7. The van der Waals surface area contributed by atoms with Gasteiger partial charge >= 0.3 is 0 Å². The Labute approximate surface area is 290 Å². The smallest absolute Gasteiger partial charge is 0.173 e. The third-order valence-electron chi connectivity index (χ3n) is 11.1. The van der Waals surface area contributed by atoms with Crippen LogP contribution in [0.25, 0.3) is 0 Å². The lowest BCUT2D eigenvalue weighted by atomic mass is 10.1. The number of hydrogen-bond acceptors (Lipinski definition) is 6. The minimum atomic E-state index is -2.14. The van der Waals surface area contributed by atoms with Gasteiger partial charge in [0.25, 0.3) is 0 Å². The highest BCUT2D eigenvalue weighted by Crippen LogP contribution is 2.54. The lowest BCUT2D eigenvalue weighted by Crippen LogP contribution is -2.65. The summed E-state index contributed by atoms with van der Waals surface area (Å²) in [5, 5.41) is 7.30. The van der Waals surface area contributed by atoms with Crippen molar-refractivity contribution in [1.29, 1.82) is 0 Å². The van der Waals surface area contributed by atoms with E-state index in [1.165, 1.54) is 20.7 Å². The van der Waals surface area contributed by atoms with E-state index in [4.69, 9.17) is 18.9 Å². The number of nitrogens with zero attached hydrogens (tertiary/aromatic N) is 2. The van der Waals surface area contributed by atoms with Crippen molar-refractivity contribution in [2.24, 2.45) is 0 Å². The Hall–Kier alpha value is -6.23. The van der Waals surface area contributed by atoms with E-state index in [0.717, 1.165) is 90.5 Å². The SMILES string of the molecule is c1ccc(N2c3cccc4c3[SiH]3c5c(cccc52)Oc2c5c6c(c(c23)O4)Oc2cccc3c2[SiH]6c2c(cccc2N3c2ccccc2)O5)cc1. The van der Waals surface area contributed by atoms with E-state index in [1.54, 1.807) is 0 Å². The van der Waals surface area contributed by atoms with Gasteiger partial charge in [-0.05, 0) is 72.8 Å². The van der Waals surface area contributed by atoms with Gasteiger partial charge in [0.1, 0.15) is 23.0 Å². The molecule has 0 bridgehead atoms. The van der Waals surface area contributed by atoms with Crippen LogP contribution in [0, 0.1) is 0 Å². The maximum absolute atomic E-state index is 7.10. The molecule has 7 aromatic carbocycles. The number of ether oxygens (including phenoxy) is 4. The van der Waals surface area contributed by atoms with Gasteiger partial charge in [-0.15, -0.1) is 0 Å². The molecule has 0 saturated carbocycles. The quantitative estimate of drug-likeness (QED) is 0.204. The minimum Gasteiger partial charge on any atom is -0.453 e. The number of hydrogen-bond donors (Lipinski definition) is 0. The van der Waals surface area contributed by atoms with Crippen LogP contribution in [0.1, 0.15) is 0 Å². The molecule has 0 spiro atoms. The highest BCUT2D eigenvalue weighted by atomic mass is 28.3. The van der Waals surface area contributed by atoms with Crippen LogP contribution < -0.4 is 59.9 Å². The minimum absolute atomic E-state index is 0.798. The monoisotopic (exact) mass is 676 g/mol. The zero-order valence-corrected chi connectivity index (χ0v) is 28.7. The van der Waals surface area contributed by atoms with Crippen molar-refractivity contribution in [2.45, 2.75) is 0 Å². The normalized spacial score (nSPS) is 15.6. The van der Waals surface area contributed by atoms with Gasteiger partial charge in [0, 0.05) is 65.2 Å². The van der Waals surface area contributed by atoms with Crippen molar-refractivity contribution < 1.29 is 18.9 Å². The van der Waals surface area contributed by atoms with Gasteiger partial charge in [0.2, 0.25) is 0 Å². The van der Waals surface area contributed by atoms with E-state index in [2.05, 4.69) is 143 Å². The van der Waals surface area contributed by atoms with Gasteiger partial charge in [-0.1, -0.05) is 60.7 Å². The summed E-state index contributed by atoms with van der Waals surface area (Å²) in [5.41, 5.74) is 6.86. The number of fused-ring (bicyclic) bond motifs is 2. The van der Waals surface area contributed by atoms with Crippen LogP contribution in [0.4, 0.5) is 34.1 Å². The lowest BCUT2D eigenvalue weighted by molar-refractivity contribution is 0.396. The molecule has 0 saturated heterocycles. The summed E-state index contributed by atoms with van der Waals surface area (Å²) in [6, 6.07) is 47.1. The summed E-state index contributed by atoms with van der Waals surface area (Å²) >= 11 is 0. The first-order chi connectivity index (χ1) is 24.8. The van der Waals surface area contributed by atoms with E-state index < -0.39 is 17.6 Å². The summed E-state index contributed by atoms with van der Waals surface area (Å²) in [6.07, 6.45) is 0. The molecule has 0 amide bonds. The number of rotatable bonds is 2. The van der Waals surface area contributed by atoms with Crippen molar-refractivity contribution in [2.75, 3.05) is 9.80 Å². The van der Waals surface area contributed by atoms with Crippen LogP contribution in [-0.4, -0.2) is 17.6 Å². The number of anilines is 6. The molecule has 0 aliphatic carbocycles. The molecular formula is C42H24N2O4Si2. The molecule has 234 valence electrons. The summed E-state index contributed by atoms with van der Waals surface area (Å²) in [5.74, 6) is 6.80. The molecule has 0 fully saturated rings. The fraction of sp³-hybridized carbons (Fsp3) is 0. The summed E-state index contributed by atoms with van der Waals surface area (Å²) in [4.78, 5) is 4.73. The largest absolute Gasteiger partial charge is 0.453 e. The topological polar surface area (TPSA) is 43.4 Å². The lowest BCUT2D eigenvalue weighted by Gasteiger charge is -2.47. The van der Waals surface area contributed by atoms with Gasteiger partial charge < -0.3 is 28.7 Å². The van der Waals surface area contributed by atoms with Crippen LogP contribution in [0.2, 0.25) is 0 Å². The van der Waals surface area contributed by atoms with E-state index in [1.807, 2.05) is 0 Å². The number of benzene rings is 7. The fourth-order valence-electron chi connectivity index (χ4n) is 9.33. The molecule has 6 heterocycles. The summed E-state index contributed by atoms with van der Waals surface area (Å²) in [7, 11) is -4.28. The summed E-state index contributed by atoms with van der Waals surface area (Å²) in [6.45, 7) is 0. The second kappa shape index (κ2) is 8.86. The molecule has 6 aliphatic rings. The Balaban J connectivity index is 1.11. The molecule has 50 heavy (non-hydrogen) atoms. The molecule has 0 atom stereocenters. The van der Waals surface area contributed by atoms with Gasteiger partial charge in [-0.3, -0.25) is 0 Å². The predicted molar refractivity (Wildman–Crippen MR) is 201 cm³/mol. The zero-order valence-electron chi connectivity index (χ0n) is 26.4. The third kappa shape index (κ3) is 2.94. The summed E-state index contributed by atoms with van der Waals surface area (Å²) < 4.78 is 28.4. The molecule has 0 unspecified atom stereocenters. The average Bonchev–Trinajstić information content (AvgIpc) is 3.17. The molecular weight excluding hydrogens is 653 g/mol. The Morgan fingerprint density at radius 2 is 0.600 bits per heavy atom. The molecule has 6 aliphatic heterocycles. The molecule has 0 N–H and O–H groups in total. The molecule has 0 radical (unpaired) electrons. The molecule has 6 nitrogen and oxygen atoms in total. The first-order valence-corrected chi connectivity index (χ1v) is 20.5. The Bertz CT molecular complexity index is 2380. The first kappa shape index (κ1) is 25.7. The highest BCUT2D eigenvalue weighted by molar-refractivity contribution is 7.03. The van der Waals surface area contributed by atoms with Crippen LogP contribution in [0.5, 0.6) is 46.0 Å². The molecule has 13 rings (SSSR count). The van der Waals surface area contributed by atoms with Crippen molar-refractivity contribution in [1.82, 2.24) is 0 Å². The third-order valence-corrected chi connectivity index (χ3v) is 18.0. The van der Waals surface area contributed by atoms with E-state index in [-0.39, 0.29) is 0 Å². The van der Waals surface area contributed by atoms with Gasteiger partial charge in [0.05, 0.1) is 0 Å². The first-order valence-electron chi connectivity index (χ1n) is 17.0. The maximum Gasteiger partial charge on any atom is 0.173 e. The second-order valence-electron chi connectivity index (χ2n) is 13.5. The van der Waals surface area contributed by atoms with Gasteiger partial charge in [-0.25, -0.2) is 0 Å². The predicted octanol–water partition coefficient (Wildman–Crippen LogP) is 6.17. The van der Waals surface area contributed by atoms with Crippen molar-refractivity contribution in [3.8, 4) is 46.0 Å². The van der Waals surface area contributed by atoms with E-state index in [0.29, 0.717) is 0 Å². The zero-order chi connectivity index (χ0) is 32.2. The van der Waals surface area contributed by atoms with Crippen molar-refractivity contribution in [3.63, 3.8) is 0 Å². The molecule has 0 aromatic heterocycles. The number of para-hydroxylation sites is 2. The standard InChI is InChI=1S/C42H24N2O4Si2/c1-3-11-23(12-4-1)43-25-15-7-19-29-37(25)49-38-26(43)16-8-20-30(38)46-34-36-42-35(33(45-29)41(34)49)47-31-21-9-17-27-39(31)50(42)40-28(18-10-22-32(40)48-36)44(27)24-13-5-2-6-14-24/h1-22,49-50H. The van der Waals surface area contributed by atoms with E-state index in [9.17, 15) is 0 Å². The molecule has 8 heteroatoms. The maximum atomic E-state index is 7.10. The van der Waals surface area contributed by atoms with Gasteiger partial charge in [0.15, 0.2) is 40.6 Å². The van der Waals surface area contributed by atoms with Crippen LogP contribution >= 0.6 is 0 Å². The highest BCUT2D eigenvalue weighted by Gasteiger charge is 2.54. The molecule has 7 aromatic rings. The Morgan fingerprint density at radius 1 is 0.300 bits per heavy atom. The average molecular weight is 677 g/mol. The van der Waals surface area contributed by atoms with E-state index >= 15 is 0 Å². The van der Waals surface area contributed by atoms with Crippen LogP contribution in [0.3, 0.4) is 0 Å². The Kier molecular flexibility index (Phi) is 4.56.